The first kappa shape index (κ1) is 30.3. The van der Waals surface area contributed by atoms with Gasteiger partial charge in [0.25, 0.3) is 0 Å². The van der Waals surface area contributed by atoms with E-state index >= 15 is 0 Å². The second-order valence-corrected chi connectivity index (χ2v) is 7.00. The van der Waals surface area contributed by atoms with E-state index in [-0.39, 0.29) is 11.3 Å². The monoisotopic (exact) mass is 501 g/mol. The Morgan fingerprint density at radius 3 is 1.47 bits per heavy atom. The molecule has 0 heterocycles. The number of amides is 1. The summed E-state index contributed by atoms with van der Waals surface area (Å²) in [5, 5.41) is 0. The second-order valence-electron chi connectivity index (χ2n) is 7.00. The Balaban J connectivity index is 6.81. The molecule has 0 aromatic heterocycles. The van der Waals surface area contributed by atoms with E-state index in [0.29, 0.717) is 0 Å². The molecule has 0 aromatic rings. The molecule has 0 radical (unpaired) electrons. The van der Waals surface area contributed by atoms with Gasteiger partial charge in [-0.05, 0) is 19.8 Å². The van der Waals surface area contributed by atoms with Crippen LogP contribution in [0.2, 0.25) is 0 Å². The van der Waals surface area contributed by atoms with Gasteiger partial charge in [0.05, 0.1) is 0 Å². The number of alkyl halides is 13. The highest BCUT2D eigenvalue weighted by Crippen LogP contribution is 2.61. The first-order valence-electron chi connectivity index (χ1n) is 8.92. The fraction of sp³-hybridized carbons (Fsp3) is 0.824. The van der Waals surface area contributed by atoms with Gasteiger partial charge in [-0.3, -0.25) is 4.79 Å². The summed E-state index contributed by atoms with van der Waals surface area (Å²) in [5.74, 6) is -38.9. The van der Waals surface area contributed by atoms with E-state index in [0.717, 1.165) is 13.8 Å². The predicted molar refractivity (Wildman–Crippen MR) is 86.3 cm³/mol. The molecule has 0 aliphatic heterocycles. The van der Waals surface area contributed by atoms with Gasteiger partial charge in [-0.15, -0.1) is 0 Å². The molecule has 0 rings (SSSR count). The van der Waals surface area contributed by atoms with Gasteiger partial charge >= 0.3 is 35.8 Å². The molecule has 15 heteroatoms. The molecule has 0 spiro atoms. The Bertz CT molecular complexity index is 684. The largest absolute Gasteiger partial charge is 0.460 e. The summed E-state index contributed by atoms with van der Waals surface area (Å²) in [7, 11) is 0. The van der Waals surface area contributed by atoms with Crippen LogP contribution < -0.4 is 0 Å². The lowest BCUT2D eigenvalue weighted by Gasteiger charge is -2.44. The molecule has 1 unspecified atom stereocenters. The summed E-state index contributed by atoms with van der Waals surface area (Å²) in [5.41, 5.74) is -0.542. The highest BCUT2D eigenvalue weighted by molar-refractivity contribution is 5.92. The molecule has 2 nitrogen and oxygen atoms in total. The quantitative estimate of drug-likeness (QED) is 0.228. The molecule has 32 heavy (non-hydrogen) atoms. The van der Waals surface area contributed by atoms with Crippen LogP contribution >= 0.6 is 0 Å². The zero-order chi connectivity index (χ0) is 26.1. The molecular weight excluding hydrogens is 481 g/mol. The maximum absolute atomic E-state index is 14.6. The Labute approximate surface area is 174 Å². The highest BCUT2D eigenvalue weighted by atomic mass is 19.4. The van der Waals surface area contributed by atoms with E-state index in [1.807, 2.05) is 0 Å². The average molecular weight is 501 g/mol. The van der Waals surface area contributed by atoms with Crippen molar-refractivity contribution in [2.24, 2.45) is 0 Å². The molecule has 0 bridgehead atoms. The van der Waals surface area contributed by atoms with Gasteiger partial charge in [0.1, 0.15) is 6.04 Å². The van der Waals surface area contributed by atoms with Crippen molar-refractivity contribution in [3.8, 4) is 0 Å². The van der Waals surface area contributed by atoms with E-state index in [9.17, 15) is 61.9 Å². The van der Waals surface area contributed by atoms with Gasteiger partial charge in [0.2, 0.25) is 5.91 Å². The van der Waals surface area contributed by atoms with Crippen molar-refractivity contribution in [1.29, 1.82) is 0 Å². The minimum Gasteiger partial charge on any atom is -0.330 e. The number of nitrogens with zero attached hydrogens (tertiary/aromatic N) is 1. The highest BCUT2D eigenvalue weighted by Gasteiger charge is 2.91. The predicted octanol–water partition coefficient (Wildman–Crippen LogP) is 6.71. The van der Waals surface area contributed by atoms with Gasteiger partial charge in [0, 0.05) is 12.1 Å². The van der Waals surface area contributed by atoms with Gasteiger partial charge in [0.15, 0.2) is 0 Å². The Morgan fingerprint density at radius 2 is 1.16 bits per heavy atom. The molecule has 0 aromatic carbocycles. The summed E-state index contributed by atoms with van der Waals surface area (Å²) < 4.78 is 175. The standard InChI is InChI=1S/C17H20F13NO/c1-5-7-10(31(8-6-2)11(32)9(3)4)12(18,19)13(20,21)14(22,23)15(24,25)16(26,27)17(28,29)30/h10H,3,5-8H2,1-2,4H3. The lowest BCUT2D eigenvalue weighted by molar-refractivity contribution is -0.442. The first-order chi connectivity index (χ1) is 14.0. The van der Waals surface area contributed by atoms with Gasteiger partial charge < -0.3 is 4.90 Å². The van der Waals surface area contributed by atoms with Gasteiger partial charge in [-0.2, -0.15) is 57.1 Å². The molecule has 0 fully saturated rings. The van der Waals surface area contributed by atoms with Crippen molar-refractivity contribution in [3.05, 3.63) is 12.2 Å². The second kappa shape index (κ2) is 9.27. The van der Waals surface area contributed by atoms with E-state index in [1.165, 1.54) is 6.92 Å². The minimum absolute atomic E-state index is 0.0735. The van der Waals surface area contributed by atoms with Crippen LogP contribution in [0.15, 0.2) is 12.2 Å². The summed E-state index contributed by atoms with van der Waals surface area (Å²) in [6.45, 7) is 5.51. The fourth-order valence-corrected chi connectivity index (χ4v) is 2.68. The van der Waals surface area contributed by atoms with Crippen LogP contribution in [0.5, 0.6) is 0 Å². The molecule has 0 saturated carbocycles. The van der Waals surface area contributed by atoms with Crippen molar-refractivity contribution >= 4 is 5.91 Å². The van der Waals surface area contributed by atoms with Crippen LogP contribution in [0.4, 0.5) is 57.1 Å². The third-order valence-electron chi connectivity index (χ3n) is 4.40. The van der Waals surface area contributed by atoms with Crippen molar-refractivity contribution in [2.45, 2.75) is 81.9 Å². The number of carbonyl (C=O) groups is 1. The van der Waals surface area contributed by atoms with Crippen LogP contribution in [0, 0.1) is 0 Å². The molecule has 1 amide bonds. The topological polar surface area (TPSA) is 20.3 Å². The molecule has 0 aliphatic carbocycles. The zero-order valence-corrected chi connectivity index (χ0v) is 16.9. The molecule has 0 aliphatic rings. The van der Waals surface area contributed by atoms with E-state index in [2.05, 4.69) is 6.58 Å². The van der Waals surface area contributed by atoms with E-state index in [4.69, 9.17) is 0 Å². The van der Waals surface area contributed by atoms with Crippen LogP contribution in [-0.2, 0) is 4.79 Å². The number of hydrogen-bond acceptors (Lipinski definition) is 1. The maximum Gasteiger partial charge on any atom is 0.460 e. The number of rotatable bonds is 11. The Kier molecular flexibility index (Phi) is 8.78. The minimum atomic E-state index is -7.98. The lowest BCUT2D eigenvalue weighted by atomic mass is 9.88. The van der Waals surface area contributed by atoms with Crippen LogP contribution in [0.3, 0.4) is 0 Å². The summed E-state index contributed by atoms with van der Waals surface area (Å²) in [6, 6.07) is -3.26. The molecule has 0 saturated heterocycles. The normalized spacial score (nSPS) is 15.5. The first-order valence-corrected chi connectivity index (χ1v) is 8.92. The molecule has 0 N–H and O–H groups in total. The lowest BCUT2D eigenvalue weighted by Crippen LogP contribution is -2.73. The van der Waals surface area contributed by atoms with Gasteiger partial charge in [-0.25, -0.2) is 0 Å². The summed E-state index contributed by atoms with van der Waals surface area (Å²) in [4.78, 5) is 12.0. The zero-order valence-electron chi connectivity index (χ0n) is 16.9. The van der Waals surface area contributed by atoms with E-state index in [1.54, 1.807) is 0 Å². The SMILES string of the molecule is C=C(C)C(=O)N(CCC)C(CCC)C(F)(F)C(F)(F)C(F)(F)C(F)(F)C(F)(F)C(F)(F)F. The summed E-state index contributed by atoms with van der Waals surface area (Å²) >= 11 is 0. The van der Waals surface area contributed by atoms with Crippen molar-refractivity contribution in [1.82, 2.24) is 4.90 Å². The third kappa shape index (κ3) is 4.66. The number of hydrogen-bond donors (Lipinski definition) is 0. The van der Waals surface area contributed by atoms with Crippen molar-refractivity contribution < 1.29 is 61.9 Å². The Hall–Kier alpha value is -1.70. The van der Waals surface area contributed by atoms with Crippen molar-refractivity contribution in [3.63, 3.8) is 0 Å². The van der Waals surface area contributed by atoms with Crippen LogP contribution in [-0.4, -0.2) is 59.2 Å². The smallest absolute Gasteiger partial charge is 0.330 e. The van der Waals surface area contributed by atoms with Gasteiger partial charge in [-0.1, -0.05) is 26.8 Å². The van der Waals surface area contributed by atoms with Crippen molar-refractivity contribution in [2.75, 3.05) is 6.54 Å². The maximum atomic E-state index is 14.6. The van der Waals surface area contributed by atoms with E-state index < -0.39 is 72.7 Å². The average Bonchev–Trinajstić information content (AvgIpc) is 2.62. The molecule has 1 atom stereocenters. The summed E-state index contributed by atoms with van der Waals surface area (Å²) in [6.07, 6.45) is -9.42. The number of carbonyl (C=O) groups excluding carboxylic acids is 1. The van der Waals surface area contributed by atoms with Crippen LogP contribution in [0.25, 0.3) is 0 Å². The third-order valence-corrected chi connectivity index (χ3v) is 4.40. The molecular formula is C17H20F13NO. The molecule has 190 valence electrons. The van der Waals surface area contributed by atoms with Crippen LogP contribution in [0.1, 0.15) is 40.0 Å². The fourth-order valence-electron chi connectivity index (χ4n) is 2.68. The number of halogens is 13. The Morgan fingerprint density at radius 1 is 0.750 bits per heavy atom.